The SMILES string of the molecule is CC[N+]1(C(=O)COc2ccc(S(=O)(=O)NC(C)(C)C)cc2)CCC(C(=O)O)CC1. The number of hydrogen-bond acceptors (Lipinski definition) is 5. The van der Waals surface area contributed by atoms with Gasteiger partial charge in [-0.1, -0.05) is 0 Å². The van der Waals surface area contributed by atoms with E-state index < -0.39 is 27.4 Å². The van der Waals surface area contributed by atoms with Crippen LogP contribution < -0.4 is 9.46 Å². The average molecular weight is 428 g/mol. The van der Waals surface area contributed by atoms with Gasteiger partial charge in [-0.15, -0.1) is 0 Å². The van der Waals surface area contributed by atoms with Crippen LogP contribution in [-0.2, 0) is 19.6 Å². The van der Waals surface area contributed by atoms with Gasteiger partial charge in [-0.25, -0.2) is 17.9 Å². The predicted octanol–water partition coefficient (Wildman–Crippen LogP) is 2.00. The summed E-state index contributed by atoms with van der Waals surface area (Å²) in [5, 5.41) is 9.15. The summed E-state index contributed by atoms with van der Waals surface area (Å²) < 4.78 is 33.1. The minimum Gasteiger partial charge on any atom is -0.481 e. The lowest BCUT2D eigenvalue weighted by Crippen LogP contribution is -2.59. The summed E-state index contributed by atoms with van der Waals surface area (Å²) in [6.45, 7) is 8.64. The van der Waals surface area contributed by atoms with Crippen molar-refractivity contribution in [3.8, 4) is 5.75 Å². The van der Waals surface area contributed by atoms with E-state index >= 15 is 0 Å². The number of rotatable bonds is 7. The molecule has 0 saturated carbocycles. The topological polar surface area (TPSA) is 110 Å². The molecule has 1 amide bonds. The minimum atomic E-state index is -3.63. The zero-order valence-corrected chi connectivity index (χ0v) is 18.3. The highest BCUT2D eigenvalue weighted by molar-refractivity contribution is 7.89. The number of nitrogens with one attached hydrogen (secondary N) is 1. The maximum Gasteiger partial charge on any atom is 0.351 e. The fourth-order valence-electron chi connectivity index (χ4n) is 3.51. The number of carboxylic acids is 1. The molecule has 1 aliphatic heterocycles. The van der Waals surface area contributed by atoms with Crippen molar-refractivity contribution in [1.82, 2.24) is 4.72 Å². The number of carboxylic acid groups (broad SMARTS) is 1. The van der Waals surface area contributed by atoms with E-state index in [4.69, 9.17) is 9.84 Å². The summed E-state index contributed by atoms with van der Waals surface area (Å²) >= 11 is 0. The molecular formula is C20H31N2O6S+. The van der Waals surface area contributed by atoms with Gasteiger partial charge in [-0.2, -0.15) is 0 Å². The minimum absolute atomic E-state index is 0.0950. The third kappa shape index (κ3) is 6.01. The number of likely N-dealkylation sites (N-methyl/N-ethyl adjacent to an activating group) is 1. The van der Waals surface area contributed by atoms with Crippen LogP contribution in [-0.4, -0.2) is 61.7 Å². The molecule has 1 aromatic carbocycles. The third-order valence-corrected chi connectivity index (χ3v) is 7.01. The summed E-state index contributed by atoms with van der Waals surface area (Å²) in [5.74, 6) is -0.888. The molecule has 2 N–H and O–H groups in total. The largest absolute Gasteiger partial charge is 0.481 e. The summed E-state index contributed by atoms with van der Waals surface area (Å²) in [5.41, 5.74) is -0.591. The molecule has 0 bridgehead atoms. The van der Waals surface area contributed by atoms with Gasteiger partial charge in [0.05, 0.1) is 30.4 Å². The first-order chi connectivity index (χ1) is 13.4. The highest BCUT2D eigenvalue weighted by Gasteiger charge is 2.41. The van der Waals surface area contributed by atoms with Crippen LogP contribution in [0.15, 0.2) is 29.2 Å². The maximum absolute atomic E-state index is 12.8. The van der Waals surface area contributed by atoms with Crippen molar-refractivity contribution in [3.05, 3.63) is 24.3 Å². The van der Waals surface area contributed by atoms with Gasteiger partial charge in [-0.05, 0) is 52.0 Å². The Balaban J connectivity index is 1.99. The normalized spacial score (nSPS) is 22.8. The van der Waals surface area contributed by atoms with Gasteiger partial charge in [0.25, 0.3) is 0 Å². The number of aliphatic carboxylic acids is 1. The van der Waals surface area contributed by atoms with E-state index in [9.17, 15) is 18.0 Å². The zero-order valence-electron chi connectivity index (χ0n) is 17.5. The average Bonchev–Trinajstić information content (AvgIpc) is 2.64. The van der Waals surface area contributed by atoms with Gasteiger partial charge in [0, 0.05) is 18.4 Å². The zero-order chi connectivity index (χ0) is 21.9. The van der Waals surface area contributed by atoms with Crippen LogP contribution in [0.2, 0.25) is 0 Å². The van der Waals surface area contributed by atoms with Gasteiger partial charge >= 0.3 is 11.9 Å². The molecular weight excluding hydrogens is 396 g/mol. The summed E-state index contributed by atoms with van der Waals surface area (Å²) in [4.78, 5) is 24.0. The summed E-state index contributed by atoms with van der Waals surface area (Å²) in [7, 11) is -3.63. The van der Waals surface area contributed by atoms with Gasteiger partial charge in [0.1, 0.15) is 5.75 Å². The molecule has 162 valence electrons. The number of likely N-dealkylation sites (tertiary alicyclic amines) is 1. The Morgan fingerprint density at radius 2 is 1.72 bits per heavy atom. The van der Waals surface area contributed by atoms with Crippen molar-refractivity contribution in [1.29, 1.82) is 0 Å². The van der Waals surface area contributed by atoms with Crippen LogP contribution in [0.4, 0.5) is 0 Å². The highest BCUT2D eigenvalue weighted by atomic mass is 32.2. The Kier molecular flexibility index (Phi) is 7.08. The molecule has 8 nitrogen and oxygen atoms in total. The third-order valence-electron chi connectivity index (χ3n) is 5.23. The van der Waals surface area contributed by atoms with E-state index in [0.717, 1.165) is 0 Å². The molecule has 0 aromatic heterocycles. The molecule has 0 spiro atoms. The van der Waals surface area contributed by atoms with Crippen molar-refractivity contribution in [2.24, 2.45) is 5.92 Å². The first-order valence-electron chi connectivity index (χ1n) is 9.78. The molecule has 1 fully saturated rings. The van der Waals surface area contributed by atoms with Gasteiger partial charge in [0.15, 0.2) is 0 Å². The number of benzene rings is 1. The first-order valence-corrected chi connectivity index (χ1v) is 11.3. The van der Waals surface area contributed by atoms with Crippen LogP contribution in [0.1, 0.15) is 40.5 Å². The lowest BCUT2D eigenvalue weighted by atomic mass is 9.95. The summed E-state index contributed by atoms with van der Waals surface area (Å²) in [6.07, 6.45) is 0.949. The van der Waals surface area contributed by atoms with Crippen LogP contribution in [0.3, 0.4) is 0 Å². The fraction of sp³-hybridized carbons (Fsp3) is 0.600. The molecule has 0 radical (unpaired) electrons. The van der Waals surface area contributed by atoms with E-state index in [1.807, 2.05) is 6.92 Å². The lowest BCUT2D eigenvalue weighted by Gasteiger charge is -2.39. The quantitative estimate of drug-likeness (QED) is 0.644. The molecule has 1 aliphatic rings. The number of carbonyl (C=O) groups excluding carboxylic acids is 1. The predicted molar refractivity (Wildman–Crippen MR) is 108 cm³/mol. The Bertz CT molecular complexity index is 835. The maximum atomic E-state index is 12.8. The smallest absolute Gasteiger partial charge is 0.351 e. The van der Waals surface area contributed by atoms with Gasteiger partial charge in [-0.3, -0.25) is 9.28 Å². The van der Waals surface area contributed by atoms with E-state index in [1.54, 1.807) is 20.8 Å². The van der Waals surface area contributed by atoms with E-state index in [2.05, 4.69) is 4.72 Å². The van der Waals surface area contributed by atoms with Gasteiger partial charge in [0.2, 0.25) is 16.6 Å². The molecule has 0 atom stereocenters. The second kappa shape index (κ2) is 8.81. The first kappa shape index (κ1) is 23.3. The standard InChI is InChI=1S/C20H30N2O6S/c1-5-22(12-10-15(11-13-22)19(24)25)18(23)14-28-16-6-8-17(9-7-16)29(26,27)21-20(2,3)4/h6-9,15,21H,5,10-14H2,1-4H3/p+1. The number of hydrogen-bond donors (Lipinski definition) is 2. The van der Waals surface area contributed by atoms with Crippen LogP contribution >= 0.6 is 0 Å². The van der Waals surface area contributed by atoms with E-state index in [1.165, 1.54) is 24.3 Å². The lowest BCUT2D eigenvalue weighted by molar-refractivity contribution is -0.859. The van der Waals surface area contributed by atoms with Gasteiger partial charge < -0.3 is 9.84 Å². The van der Waals surface area contributed by atoms with Crippen LogP contribution in [0, 0.1) is 5.92 Å². The number of nitrogens with zero attached hydrogens (tertiary/aromatic N) is 1. The number of sulfonamides is 1. The number of ether oxygens (including phenoxy) is 1. The molecule has 9 heteroatoms. The monoisotopic (exact) mass is 427 g/mol. The number of quaternary nitrogens is 1. The molecule has 0 aliphatic carbocycles. The molecule has 0 unspecified atom stereocenters. The molecule has 1 heterocycles. The Morgan fingerprint density at radius 1 is 1.17 bits per heavy atom. The Hall–Kier alpha value is -1.97. The highest BCUT2D eigenvalue weighted by Crippen LogP contribution is 2.25. The van der Waals surface area contributed by atoms with Crippen molar-refractivity contribution < 1.29 is 32.3 Å². The molecule has 29 heavy (non-hydrogen) atoms. The molecule has 2 rings (SSSR count). The second-order valence-corrected chi connectivity index (χ2v) is 10.2. The Labute approximate surface area is 172 Å². The van der Waals surface area contributed by atoms with E-state index in [0.29, 0.717) is 38.2 Å². The van der Waals surface area contributed by atoms with Crippen molar-refractivity contribution in [2.45, 2.75) is 51.0 Å². The van der Waals surface area contributed by atoms with Crippen molar-refractivity contribution in [2.75, 3.05) is 26.2 Å². The van der Waals surface area contributed by atoms with Crippen LogP contribution in [0.25, 0.3) is 0 Å². The Morgan fingerprint density at radius 3 is 2.17 bits per heavy atom. The second-order valence-electron chi connectivity index (χ2n) is 8.53. The number of carbonyl (C=O) groups is 2. The van der Waals surface area contributed by atoms with Crippen LogP contribution in [0.5, 0.6) is 5.75 Å². The fourth-order valence-corrected chi connectivity index (χ4v) is 4.93. The number of piperidine rings is 1. The van der Waals surface area contributed by atoms with Crippen molar-refractivity contribution >= 4 is 21.9 Å². The summed E-state index contributed by atoms with van der Waals surface area (Å²) in [6, 6.07) is 5.93. The molecule has 1 saturated heterocycles. The number of amides is 1. The molecule has 1 aromatic rings. The van der Waals surface area contributed by atoms with Crippen molar-refractivity contribution in [3.63, 3.8) is 0 Å². The van der Waals surface area contributed by atoms with E-state index in [-0.39, 0.29) is 21.9 Å².